The Morgan fingerprint density at radius 2 is 1.74 bits per heavy atom. The monoisotopic (exact) mass is 583 g/mol. The Bertz CT molecular complexity index is 1340. The van der Waals surface area contributed by atoms with E-state index in [1.54, 1.807) is 30.0 Å². The maximum Gasteiger partial charge on any atom is 0.225 e. The number of thioether (sulfide) groups is 1. The zero-order valence-corrected chi connectivity index (χ0v) is 24.1. The molecule has 0 N–H and O–H groups in total. The topological polar surface area (TPSA) is 29.5 Å². The summed E-state index contributed by atoms with van der Waals surface area (Å²) in [5, 5.41) is 0.985. The van der Waals surface area contributed by atoms with Crippen molar-refractivity contribution in [1.82, 2.24) is 4.90 Å². The number of likely N-dealkylation sites (tertiary alicyclic amines) is 1. The van der Waals surface area contributed by atoms with E-state index in [1.165, 1.54) is 29.7 Å². The molecule has 2 aliphatic carbocycles. The van der Waals surface area contributed by atoms with Crippen LogP contribution in [0.25, 0.3) is 0 Å². The molecular weight excluding hydrogens is 552 g/mol. The maximum atomic E-state index is 13.8. The molecule has 7 heteroatoms. The molecule has 3 aliphatic rings. The minimum atomic E-state index is -0.263. The number of aryl methyl sites for hydroxylation is 1. The van der Waals surface area contributed by atoms with Crippen molar-refractivity contribution in [3.8, 4) is 5.75 Å². The molecule has 1 saturated heterocycles. The first-order chi connectivity index (χ1) is 18.9. The van der Waals surface area contributed by atoms with Gasteiger partial charge in [-0.25, -0.2) is 4.39 Å². The van der Waals surface area contributed by atoms with E-state index in [9.17, 15) is 9.18 Å². The molecule has 6 rings (SSSR count). The van der Waals surface area contributed by atoms with Crippen LogP contribution >= 0.6 is 35.0 Å². The van der Waals surface area contributed by atoms with Crippen molar-refractivity contribution in [3.05, 3.63) is 93.2 Å². The van der Waals surface area contributed by atoms with E-state index in [0.717, 1.165) is 61.9 Å². The SMILES string of the molecule is O=C(C1CCCCC1)N1CCC2(Sc3ccc(F)cc3)c3ccc(COc4c(Cl)cccc4Cl)cc3CCC12. The molecular formula is C32H32Cl2FNO2S. The fraction of sp³-hybridized carbons (Fsp3) is 0.406. The second-order valence-corrected chi connectivity index (χ2v) is 13.2. The Labute approximate surface area is 244 Å². The summed E-state index contributed by atoms with van der Waals surface area (Å²) in [6.07, 6.45) is 8.26. The van der Waals surface area contributed by atoms with Gasteiger partial charge in [0.2, 0.25) is 5.91 Å². The molecule has 0 spiro atoms. The minimum absolute atomic E-state index is 0.124. The third kappa shape index (κ3) is 5.30. The van der Waals surface area contributed by atoms with Gasteiger partial charge in [-0.1, -0.05) is 66.7 Å². The van der Waals surface area contributed by atoms with Crippen molar-refractivity contribution in [2.75, 3.05) is 6.54 Å². The molecule has 2 unspecified atom stereocenters. The highest BCUT2D eigenvalue weighted by molar-refractivity contribution is 8.00. The molecule has 0 radical (unpaired) electrons. The van der Waals surface area contributed by atoms with Gasteiger partial charge in [0, 0.05) is 17.4 Å². The fourth-order valence-electron chi connectivity index (χ4n) is 6.72. The summed E-state index contributed by atoms with van der Waals surface area (Å²) in [5.41, 5.74) is 3.63. The number of ether oxygens (including phenoxy) is 1. The Balaban J connectivity index is 1.31. The highest BCUT2D eigenvalue weighted by atomic mass is 35.5. The summed E-state index contributed by atoms with van der Waals surface area (Å²) in [6.45, 7) is 1.13. The van der Waals surface area contributed by atoms with Gasteiger partial charge in [-0.3, -0.25) is 4.79 Å². The first-order valence-electron chi connectivity index (χ1n) is 13.9. The second kappa shape index (κ2) is 11.3. The molecule has 0 aromatic heterocycles. The number of hydrogen-bond acceptors (Lipinski definition) is 3. The van der Waals surface area contributed by atoms with Gasteiger partial charge in [-0.2, -0.15) is 0 Å². The number of carbonyl (C=O) groups excluding carboxylic acids is 1. The molecule has 3 aromatic rings. The van der Waals surface area contributed by atoms with Crippen LogP contribution in [0.4, 0.5) is 4.39 Å². The van der Waals surface area contributed by atoms with Crippen LogP contribution in [-0.2, 0) is 22.6 Å². The summed E-state index contributed by atoms with van der Waals surface area (Å²) in [6, 6.07) is 18.8. The van der Waals surface area contributed by atoms with Crippen LogP contribution in [0.2, 0.25) is 10.0 Å². The summed E-state index contributed by atoms with van der Waals surface area (Å²) < 4.78 is 19.5. The van der Waals surface area contributed by atoms with Gasteiger partial charge >= 0.3 is 0 Å². The number of para-hydroxylation sites is 1. The molecule has 3 nitrogen and oxygen atoms in total. The quantitative estimate of drug-likeness (QED) is 0.290. The Hall–Kier alpha value is -2.21. The van der Waals surface area contributed by atoms with E-state index in [0.29, 0.717) is 28.3 Å². The zero-order valence-electron chi connectivity index (χ0n) is 21.8. The van der Waals surface area contributed by atoms with E-state index in [2.05, 4.69) is 23.1 Å². The van der Waals surface area contributed by atoms with Crippen LogP contribution < -0.4 is 4.74 Å². The van der Waals surface area contributed by atoms with Crippen LogP contribution in [0.1, 0.15) is 61.6 Å². The number of nitrogens with zero attached hydrogens (tertiary/aromatic N) is 1. The zero-order chi connectivity index (χ0) is 27.0. The summed E-state index contributed by atoms with van der Waals surface area (Å²) in [5.74, 6) is 0.755. The molecule has 1 aliphatic heterocycles. The number of amides is 1. The van der Waals surface area contributed by atoms with Crippen molar-refractivity contribution in [3.63, 3.8) is 0 Å². The van der Waals surface area contributed by atoms with Gasteiger partial charge in [0.25, 0.3) is 0 Å². The first kappa shape index (κ1) is 27.0. The second-order valence-electron chi connectivity index (χ2n) is 10.9. The van der Waals surface area contributed by atoms with Crippen LogP contribution in [-0.4, -0.2) is 23.4 Å². The Morgan fingerprint density at radius 1 is 1.00 bits per heavy atom. The first-order valence-corrected chi connectivity index (χ1v) is 15.5. The molecule has 3 aromatic carbocycles. The summed E-state index contributed by atoms with van der Waals surface area (Å²) in [7, 11) is 0. The van der Waals surface area contributed by atoms with Crippen LogP contribution in [0.5, 0.6) is 5.75 Å². The smallest absolute Gasteiger partial charge is 0.225 e. The highest BCUT2D eigenvalue weighted by Crippen LogP contribution is 2.56. The van der Waals surface area contributed by atoms with Crippen LogP contribution in [0.3, 0.4) is 0 Å². The standard InChI is InChI=1S/C32H32Cl2FNO2S/c33-27-7-4-8-28(34)30(27)38-20-21-9-15-26-23(19-21)10-16-29-32(26,39-25-13-11-24(35)12-14-25)17-18-36(29)31(37)22-5-2-1-3-6-22/h4,7-9,11-15,19,22,29H,1-3,5-6,10,16-18,20H2. The molecule has 39 heavy (non-hydrogen) atoms. The van der Waals surface area contributed by atoms with Gasteiger partial charge in [-0.15, -0.1) is 11.8 Å². The number of halogens is 3. The highest BCUT2D eigenvalue weighted by Gasteiger charge is 2.54. The maximum absolute atomic E-state index is 13.8. The third-order valence-corrected chi connectivity index (χ3v) is 10.8. The number of fused-ring (bicyclic) bond motifs is 3. The lowest BCUT2D eigenvalue weighted by atomic mass is 9.77. The van der Waals surface area contributed by atoms with Crippen molar-refractivity contribution >= 4 is 40.9 Å². The largest absolute Gasteiger partial charge is 0.486 e. The molecule has 1 amide bonds. The number of rotatable bonds is 6. The predicted octanol–water partition coefficient (Wildman–Crippen LogP) is 8.83. The summed E-state index contributed by atoms with van der Waals surface area (Å²) in [4.78, 5) is 17.0. The molecule has 204 valence electrons. The lowest BCUT2D eigenvalue weighted by molar-refractivity contribution is -0.137. The van der Waals surface area contributed by atoms with Gasteiger partial charge in [0.05, 0.1) is 20.8 Å². The van der Waals surface area contributed by atoms with E-state index >= 15 is 0 Å². The van der Waals surface area contributed by atoms with E-state index < -0.39 is 0 Å². The predicted molar refractivity (Wildman–Crippen MR) is 156 cm³/mol. The molecule has 1 heterocycles. The minimum Gasteiger partial charge on any atom is -0.486 e. The van der Waals surface area contributed by atoms with E-state index in [-0.39, 0.29) is 22.5 Å². The van der Waals surface area contributed by atoms with Gasteiger partial charge in [0.15, 0.2) is 5.75 Å². The molecule has 2 fully saturated rings. The van der Waals surface area contributed by atoms with Crippen molar-refractivity contribution < 1.29 is 13.9 Å². The number of carbonyl (C=O) groups is 1. The van der Waals surface area contributed by atoms with Crippen molar-refractivity contribution in [1.29, 1.82) is 0 Å². The van der Waals surface area contributed by atoms with Gasteiger partial charge in [0.1, 0.15) is 12.4 Å². The fourth-order valence-corrected chi connectivity index (χ4v) is 8.81. The summed E-state index contributed by atoms with van der Waals surface area (Å²) >= 11 is 14.4. The molecule has 1 saturated carbocycles. The van der Waals surface area contributed by atoms with Gasteiger partial charge < -0.3 is 9.64 Å². The van der Waals surface area contributed by atoms with E-state index in [1.807, 2.05) is 12.1 Å². The Kier molecular flexibility index (Phi) is 7.85. The third-order valence-electron chi connectivity index (χ3n) is 8.60. The average Bonchev–Trinajstić information content (AvgIpc) is 3.33. The number of benzene rings is 3. The Morgan fingerprint density at radius 3 is 2.49 bits per heavy atom. The van der Waals surface area contributed by atoms with E-state index in [4.69, 9.17) is 27.9 Å². The number of hydrogen-bond donors (Lipinski definition) is 0. The van der Waals surface area contributed by atoms with Crippen LogP contribution in [0.15, 0.2) is 65.6 Å². The normalized spacial score (nSPS) is 22.8. The average molecular weight is 585 g/mol. The van der Waals surface area contributed by atoms with Crippen molar-refractivity contribution in [2.45, 2.75) is 73.7 Å². The molecule has 2 atom stereocenters. The van der Waals surface area contributed by atoms with Gasteiger partial charge in [-0.05, 0) is 85.2 Å². The van der Waals surface area contributed by atoms with Crippen LogP contribution in [0, 0.1) is 11.7 Å². The van der Waals surface area contributed by atoms with Crippen molar-refractivity contribution in [2.24, 2.45) is 5.92 Å². The lowest BCUT2D eigenvalue weighted by Crippen LogP contribution is -2.48. The molecule has 0 bridgehead atoms. The lowest BCUT2D eigenvalue weighted by Gasteiger charge is -2.43.